The summed E-state index contributed by atoms with van der Waals surface area (Å²) in [6.07, 6.45) is 2.03. The maximum Gasteiger partial charge on any atom is 0.414 e. The fraction of sp³-hybridized carbons (Fsp3) is 0.280. The maximum absolute atomic E-state index is 11.9. The molecule has 1 atom stereocenters. The van der Waals surface area contributed by atoms with Crippen LogP contribution in [0.1, 0.15) is 11.1 Å². The molecule has 0 fully saturated rings. The van der Waals surface area contributed by atoms with Crippen LogP contribution < -0.4 is 15.0 Å². The lowest BCUT2D eigenvalue weighted by atomic mass is 10.1. The van der Waals surface area contributed by atoms with Crippen molar-refractivity contribution in [3.05, 3.63) is 78.1 Å². The molecule has 0 bridgehead atoms. The van der Waals surface area contributed by atoms with Crippen LogP contribution in [0.2, 0.25) is 0 Å². The molecular formula is C25H29N5O4. The van der Waals surface area contributed by atoms with Crippen molar-refractivity contribution in [2.24, 2.45) is 0 Å². The van der Waals surface area contributed by atoms with Crippen molar-refractivity contribution in [1.29, 1.82) is 0 Å². The molecule has 0 saturated carbocycles. The molecule has 0 aliphatic heterocycles. The highest BCUT2D eigenvalue weighted by molar-refractivity contribution is 5.77. The Labute approximate surface area is 199 Å². The molecule has 3 aromatic rings. The maximum atomic E-state index is 11.9. The van der Waals surface area contributed by atoms with E-state index in [9.17, 15) is 14.7 Å². The monoisotopic (exact) mass is 463 g/mol. The minimum Gasteiger partial charge on any atom is -0.480 e. The van der Waals surface area contributed by atoms with Crippen molar-refractivity contribution < 1.29 is 19.4 Å². The molecule has 2 N–H and O–H groups in total. The molecule has 0 saturated heterocycles. The zero-order valence-electron chi connectivity index (χ0n) is 19.5. The molecule has 9 nitrogen and oxygen atoms in total. The second kappa shape index (κ2) is 11.6. The summed E-state index contributed by atoms with van der Waals surface area (Å²) >= 11 is 0. The lowest BCUT2D eigenvalue weighted by Crippen LogP contribution is -2.32. The summed E-state index contributed by atoms with van der Waals surface area (Å²) in [4.78, 5) is 35.4. The van der Waals surface area contributed by atoms with Crippen LogP contribution in [0.3, 0.4) is 0 Å². The highest BCUT2D eigenvalue weighted by atomic mass is 16.6. The fourth-order valence-corrected chi connectivity index (χ4v) is 3.19. The summed E-state index contributed by atoms with van der Waals surface area (Å²) in [6, 6.07) is 17.8. The molecule has 2 aromatic carbocycles. The Balaban J connectivity index is 1.62. The first-order chi connectivity index (χ1) is 16.3. The number of hydrogen-bond acceptors (Lipinski definition) is 7. The van der Waals surface area contributed by atoms with Crippen LogP contribution in [-0.2, 0) is 17.6 Å². The van der Waals surface area contributed by atoms with Gasteiger partial charge in [0, 0.05) is 40.2 Å². The Hall–Kier alpha value is -4.14. The number of anilines is 2. The number of ether oxygens (including phenoxy) is 1. The van der Waals surface area contributed by atoms with Gasteiger partial charge in [0.25, 0.3) is 0 Å². The van der Waals surface area contributed by atoms with Gasteiger partial charge in [-0.05, 0) is 29.7 Å². The van der Waals surface area contributed by atoms with Gasteiger partial charge in [-0.25, -0.2) is 19.6 Å². The van der Waals surface area contributed by atoms with E-state index in [-0.39, 0.29) is 6.42 Å². The second-order valence-corrected chi connectivity index (χ2v) is 8.06. The molecule has 0 spiro atoms. The topological polar surface area (TPSA) is 108 Å². The molecule has 9 heteroatoms. The van der Waals surface area contributed by atoms with Crippen LogP contribution >= 0.6 is 0 Å². The normalized spacial score (nSPS) is 11.4. The largest absolute Gasteiger partial charge is 0.480 e. The molecule has 1 heterocycles. The van der Waals surface area contributed by atoms with E-state index in [1.807, 2.05) is 30.1 Å². The molecule has 3 rings (SSSR count). The molecule has 178 valence electrons. The minimum absolute atomic E-state index is 0.223. The van der Waals surface area contributed by atoms with E-state index in [0.29, 0.717) is 17.4 Å². The zero-order valence-corrected chi connectivity index (χ0v) is 19.5. The molecule has 0 radical (unpaired) electrons. The van der Waals surface area contributed by atoms with Crippen molar-refractivity contribution in [2.75, 3.05) is 37.9 Å². The number of carboxylic acid groups (broad SMARTS) is 1. The third-order valence-electron chi connectivity index (χ3n) is 5.18. The molecule has 0 aliphatic rings. The number of aromatic nitrogens is 2. The first-order valence-corrected chi connectivity index (χ1v) is 10.9. The number of hydrogen-bond donors (Lipinski definition) is 2. The number of carbonyl (C=O) groups excluding carboxylic acids is 1. The molecule has 0 aliphatic carbocycles. The predicted molar refractivity (Wildman–Crippen MR) is 130 cm³/mol. The van der Waals surface area contributed by atoms with E-state index in [1.165, 1.54) is 16.8 Å². The van der Waals surface area contributed by atoms with Gasteiger partial charge in [-0.1, -0.05) is 42.5 Å². The molecule has 1 aromatic heterocycles. The number of likely N-dealkylation sites (N-methyl/N-ethyl adjacent to an activating group) is 1. The third kappa shape index (κ3) is 7.19. The van der Waals surface area contributed by atoms with Crippen molar-refractivity contribution in [3.63, 3.8) is 0 Å². The lowest BCUT2D eigenvalue weighted by Gasteiger charge is -2.20. The lowest BCUT2D eigenvalue weighted by molar-refractivity contribution is -0.137. The highest BCUT2D eigenvalue weighted by Crippen LogP contribution is 2.18. The minimum atomic E-state index is -0.999. The van der Waals surface area contributed by atoms with E-state index in [4.69, 9.17) is 4.74 Å². The standard InChI is InChI=1S/C25H29N5O4/c1-29(2)25(33)34-20-11-9-19(10-12-20)15-21(24(31)32)28-22-16-23(27-17-26-22)30(3)14-13-18-7-5-4-6-8-18/h4-12,16-17,21H,13-15H2,1-3H3,(H,31,32)(H,26,27,28)/t21-/m0/s1. The Bertz CT molecular complexity index is 1090. The number of aliphatic carboxylic acids is 1. The first kappa shape index (κ1) is 24.5. The molecule has 0 unspecified atom stereocenters. The second-order valence-electron chi connectivity index (χ2n) is 8.06. The Morgan fingerprint density at radius 1 is 1.00 bits per heavy atom. The molecular weight excluding hydrogens is 434 g/mol. The van der Waals surface area contributed by atoms with Crippen LogP contribution in [0, 0.1) is 0 Å². The SMILES string of the molecule is CN(C)C(=O)Oc1ccc(C[C@H](Nc2cc(N(C)CCc3ccccc3)ncn2)C(=O)O)cc1. The van der Waals surface area contributed by atoms with Crippen molar-refractivity contribution in [1.82, 2.24) is 14.9 Å². The van der Waals surface area contributed by atoms with Gasteiger partial charge < -0.3 is 25.0 Å². The number of carboxylic acids is 1. The van der Waals surface area contributed by atoms with Crippen LogP contribution in [0.25, 0.3) is 0 Å². The van der Waals surface area contributed by atoms with Crippen LogP contribution in [0.15, 0.2) is 67.0 Å². The predicted octanol–water partition coefficient (Wildman–Crippen LogP) is 3.32. The number of carbonyl (C=O) groups is 2. The molecule has 34 heavy (non-hydrogen) atoms. The number of nitrogens with zero attached hydrogens (tertiary/aromatic N) is 4. The number of benzene rings is 2. The van der Waals surface area contributed by atoms with Crippen LogP contribution in [-0.4, -0.2) is 65.8 Å². The first-order valence-electron chi connectivity index (χ1n) is 10.9. The number of rotatable bonds is 10. The summed E-state index contributed by atoms with van der Waals surface area (Å²) in [7, 11) is 5.13. The van der Waals surface area contributed by atoms with E-state index >= 15 is 0 Å². The van der Waals surface area contributed by atoms with Crippen molar-refractivity contribution in [3.8, 4) is 5.75 Å². The van der Waals surface area contributed by atoms with Gasteiger partial charge in [0.1, 0.15) is 29.8 Å². The van der Waals surface area contributed by atoms with Gasteiger partial charge >= 0.3 is 12.1 Å². The summed E-state index contributed by atoms with van der Waals surface area (Å²) in [5.41, 5.74) is 2.01. The Morgan fingerprint density at radius 3 is 2.35 bits per heavy atom. The third-order valence-corrected chi connectivity index (χ3v) is 5.18. The average Bonchev–Trinajstić information content (AvgIpc) is 2.84. The van der Waals surface area contributed by atoms with Crippen molar-refractivity contribution >= 4 is 23.7 Å². The van der Waals surface area contributed by atoms with Crippen LogP contribution in [0.4, 0.5) is 16.4 Å². The van der Waals surface area contributed by atoms with Crippen molar-refractivity contribution in [2.45, 2.75) is 18.9 Å². The van der Waals surface area contributed by atoms with Gasteiger partial charge in [0.2, 0.25) is 0 Å². The smallest absolute Gasteiger partial charge is 0.414 e. The summed E-state index contributed by atoms with van der Waals surface area (Å²) in [5, 5.41) is 12.7. The zero-order chi connectivity index (χ0) is 24.5. The van der Waals surface area contributed by atoms with E-state index < -0.39 is 18.1 Å². The van der Waals surface area contributed by atoms with E-state index in [0.717, 1.165) is 18.5 Å². The fourth-order valence-electron chi connectivity index (χ4n) is 3.19. The van der Waals surface area contributed by atoms with Gasteiger partial charge in [-0.2, -0.15) is 0 Å². The average molecular weight is 464 g/mol. The summed E-state index contributed by atoms with van der Waals surface area (Å²) < 4.78 is 5.20. The summed E-state index contributed by atoms with van der Waals surface area (Å²) in [5.74, 6) is 0.520. The molecule has 1 amide bonds. The summed E-state index contributed by atoms with van der Waals surface area (Å²) in [6.45, 7) is 0.758. The number of amides is 1. The van der Waals surface area contributed by atoms with Crippen LogP contribution in [0.5, 0.6) is 5.75 Å². The Morgan fingerprint density at radius 2 is 1.71 bits per heavy atom. The highest BCUT2D eigenvalue weighted by Gasteiger charge is 2.19. The Kier molecular flexibility index (Phi) is 8.39. The van der Waals surface area contributed by atoms with Gasteiger partial charge in [0.05, 0.1) is 0 Å². The van der Waals surface area contributed by atoms with E-state index in [1.54, 1.807) is 44.4 Å². The quantitative estimate of drug-likeness (QED) is 0.471. The van der Waals surface area contributed by atoms with Gasteiger partial charge in [-0.3, -0.25) is 0 Å². The van der Waals surface area contributed by atoms with Gasteiger partial charge in [0.15, 0.2) is 0 Å². The number of nitrogens with one attached hydrogen (secondary N) is 1. The van der Waals surface area contributed by atoms with Gasteiger partial charge in [-0.15, -0.1) is 0 Å². The van der Waals surface area contributed by atoms with E-state index in [2.05, 4.69) is 27.4 Å².